The second-order valence-electron chi connectivity index (χ2n) is 5.96. The van der Waals surface area contributed by atoms with E-state index in [1.165, 1.54) is 12.4 Å². The van der Waals surface area contributed by atoms with Crippen molar-refractivity contribution in [2.75, 3.05) is 0 Å². The molecule has 0 saturated heterocycles. The first-order chi connectivity index (χ1) is 9.20. The quantitative estimate of drug-likeness (QED) is 0.857. The lowest BCUT2D eigenvalue weighted by molar-refractivity contribution is -0.158. The number of pyridine rings is 1. The van der Waals surface area contributed by atoms with Gasteiger partial charge in [0.1, 0.15) is 11.6 Å². The summed E-state index contributed by atoms with van der Waals surface area (Å²) in [6.45, 7) is 9.12. The second kappa shape index (κ2) is 6.50. The number of aromatic nitrogens is 1. The number of rotatable bonds is 4. The number of amides is 1. The highest BCUT2D eigenvalue weighted by atomic mass is 16.6. The van der Waals surface area contributed by atoms with Crippen molar-refractivity contribution in [3.05, 3.63) is 30.1 Å². The molecule has 0 aliphatic rings. The van der Waals surface area contributed by atoms with Gasteiger partial charge >= 0.3 is 5.97 Å². The molecule has 0 aliphatic heterocycles. The number of hydrogen-bond acceptors (Lipinski definition) is 4. The molecule has 5 nitrogen and oxygen atoms in total. The number of nitrogens with zero attached hydrogens (tertiary/aromatic N) is 1. The van der Waals surface area contributed by atoms with Gasteiger partial charge in [-0.25, -0.2) is 4.79 Å². The van der Waals surface area contributed by atoms with E-state index in [4.69, 9.17) is 4.74 Å². The van der Waals surface area contributed by atoms with Crippen LogP contribution in [0.15, 0.2) is 24.5 Å². The summed E-state index contributed by atoms with van der Waals surface area (Å²) in [4.78, 5) is 28.1. The molecule has 20 heavy (non-hydrogen) atoms. The van der Waals surface area contributed by atoms with Gasteiger partial charge in [-0.3, -0.25) is 9.78 Å². The van der Waals surface area contributed by atoms with Crippen molar-refractivity contribution in [3.8, 4) is 0 Å². The summed E-state index contributed by atoms with van der Waals surface area (Å²) in [5.74, 6) is -0.789. The molecule has 1 heterocycles. The fourth-order valence-corrected chi connectivity index (χ4v) is 1.59. The molecule has 1 atom stereocenters. The number of nitrogens with one attached hydrogen (secondary N) is 1. The van der Waals surface area contributed by atoms with Crippen molar-refractivity contribution in [1.82, 2.24) is 10.3 Å². The van der Waals surface area contributed by atoms with E-state index < -0.39 is 17.6 Å². The fraction of sp³-hybridized carbons (Fsp3) is 0.533. The first kappa shape index (κ1) is 16.1. The van der Waals surface area contributed by atoms with Gasteiger partial charge < -0.3 is 10.1 Å². The average Bonchev–Trinajstić information content (AvgIpc) is 2.34. The molecule has 1 rings (SSSR count). The zero-order valence-electron chi connectivity index (χ0n) is 12.6. The van der Waals surface area contributed by atoms with Gasteiger partial charge in [0.25, 0.3) is 5.91 Å². The Morgan fingerprint density at radius 3 is 2.20 bits per heavy atom. The van der Waals surface area contributed by atoms with Gasteiger partial charge in [-0.1, -0.05) is 13.8 Å². The molecule has 0 saturated carbocycles. The van der Waals surface area contributed by atoms with Crippen molar-refractivity contribution in [1.29, 1.82) is 0 Å². The first-order valence-corrected chi connectivity index (χ1v) is 6.64. The van der Waals surface area contributed by atoms with Crippen LogP contribution in [0.4, 0.5) is 0 Å². The number of carbonyl (C=O) groups is 2. The van der Waals surface area contributed by atoms with E-state index in [0.717, 1.165) is 0 Å². The lowest BCUT2D eigenvalue weighted by atomic mass is 10.0. The lowest BCUT2D eigenvalue weighted by Crippen LogP contribution is -2.47. The molecule has 5 heteroatoms. The summed E-state index contributed by atoms with van der Waals surface area (Å²) in [7, 11) is 0. The Balaban J connectivity index is 2.78. The summed E-state index contributed by atoms with van der Waals surface area (Å²) < 4.78 is 5.33. The third kappa shape index (κ3) is 4.99. The van der Waals surface area contributed by atoms with Gasteiger partial charge in [0.05, 0.1) is 0 Å². The molecule has 110 valence electrons. The third-order valence-corrected chi connectivity index (χ3v) is 2.56. The third-order valence-electron chi connectivity index (χ3n) is 2.56. The van der Waals surface area contributed by atoms with Gasteiger partial charge in [-0.05, 0) is 38.8 Å². The minimum absolute atomic E-state index is 0.0596. The summed E-state index contributed by atoms with van der Waals surface area (Å²) >= 11 is 0. The molecule has 1 aromatic heterocycles. The molecule has 0 bridgehead atoms. The molecule has 1 N–H and O–H groups in total. The summed E-state index contributed by atoms with van der Waals surface area (Å²) in [6.07, 6.45) is 3.07. The van der Waals surface area contributed by atoms with Crippen LogP contribution in [0.5, 0.6) is 0 Å². The summed E-state index contributed by atoms with van der Waals surface area (Å²) in [5.41, 5.74) is -0.111. The van der Waals surface area contributed by atoms with Crippen LogP contribution in [-0.2, 0) is 9.53 Å². The SMILES string of the molecule is CC(C)[C@H](NC(=O)c1ccncc1)C(=O)OC(C)(C)C. The maximum atomic E-state index is 12.1. The van der Waals surface area contributed by atoms with Crippen LogP contribution in [0.25, 0.3) is 0 Å². The molecule has 0 aromatic carbocycles. The Labute approximate surface area is 119 Å². The van der Waals surface area contributed by atoms with Gasteiger partial charge in [-0.15, -0.1) is 0 Å². The minimum Gasteiger partial charge on any atom is -0.458 e. The highest BCUT2D eigenvalue weighted by molar-refractivity contribution is 5.96. The van der Waals surface area contributed by atoms with Gasteiger partial charge in [0.2, 0.25) is 0 Å². The number of esters is 1. The predicted octanol–water partition coefficient (Wildman–Crippen LogP) is 2.18. The van der Waals surface area contributed by atoms with E-state index in [2.05, 4.69) is 10.3 Å². The molecule has 1 aromatic rings. The Kier molecular flexibility index (Phi) is 5.25. The van der Waals surface area contributed by atoms with Crippen molar-refractivity contribution >= 4 is 11.9 Å². The smallest absolute Gasteiger partial charge is 0.329 e. The van der Waals surface area contributed by atoms with E-state index in [1.807, 2.05) is 13.8 Å². The van der Waals surface area contributed by atoms with Crippen molar-refractivity contribution in [3.63, 3.8) is 0 Å². The maximum absolute atomic E-state index is 12.1. The first-order valence-electron chi connectivity index (χ1n) is 6.64. The van der Waals surface area contributed by atoms with Crippen LogP contribution < -0.4 is 5.32 Å². The van der Waals surface area contributed by atoms with E-state index in [-0.39, 0.29) is 11.8 Å². The van der Waals surface area contributed by atoms with Crippen LogP contribution in [0, 0.1) is 5.92 Å². The Hall–Kier alpha value is -1.91. The van der Waals surface area contributed by atoms with Crippen LogP contribution in [0.2, 0.25) is 0 Å². The summed E-state index contributed by atoms with van der Waals surface area (Å²) in [5, 5.41) is 2.71. The minimum atomic E-state index is -0.671. The van der Waals surface area contributed by atoms with Crippen LogP contribution in [0.1, 0.15) is 45.0 Å². The zero-order valence-corrected chi connectivity index (χ0v) is 12.6. The highest BCUT2D eigenvalue weighted by Gasteiger charge is 2.29. The second-order valence-corrected chi connectivity index (χ2v) is 5.96. The topological polar surface area (TPSA) is 68.3 Å². The molecular weight excluding hydrogens is 256 g/mol. The zero-order chi connectivity index (χ0) is 15.3. The van der Waals surface area contributed by atoms with Crippen molar-refractivity contribution in [2.24, 2.45) is 5.92 Å². The van der Waals surface area contributed by atoms with Crippen molar-refractivity contribution < 1.29 is 14.3 Å². The Morgan fingerprint density at radius 2 is 1.75 bits per heavy atom. The van der Waals surface area contributed by atoms with Gasteiger partial charge in [-0.2, -0.15) is 0 Å². The summed E-state index contributed by atoms with van der Waals surface area (Å²) in [6, 6.07) is 2.53. The highest BCUT2D eigenvalue weighted by Crippen LogP contribution is 2.13. The monoisotopic (exact) mass is 278 g/mol. The molecule has 1 amide bonds. The fourth-order valence-electron chi connectivity index (χ4n) is 1.59. The van der Waals surface area contributed by atoms with E-state index in [0.29, 0.717) is 5.56 Å². The Morgan fingerprint density at radius 1 is 1.20 bits per heavy atom. The number of hydrogen-bond donors (Lipinski definition) is 1. The normalized spacial score (nSPS) is 12.9. The Bertz CT molecular complexity index is 464. The van der Waals surface area contributed by atoms with Crippen molar-refractivity contribution in [2.45, 2.75) is 46.3 Å². The maximum Gasteiger partial charge on any atom is 0.329 e. The average molecular weight is 278 g/mol. The number of carbonyl (C=O) groups excluding carboxylic acids is 2. The molecule has 0 fully saturated rings. The van der Waals surface area contributed by atoms with Crippen LogP contribution >= 0.6 is 0 Å². The van der Waals surface area contributed by atoms with Crippen LogP contribution in [0.3, 0.4) is 0 Å². The van der Waals surface area contributed by atoms with Gasteiger partial charge in [0, 0.05) is 18.0 Å². The standard InChI is InChI=1S/C15H22N2O3/c1-10(2)12(14(19)20-15(3,4)5)17-13(18)11-6-8-16-9-7-11/h6-10,12H,1-5H3,(H,17,18)/t12-/m0/s1. The van der Waals surface area contributed by atoms with Gasteiger partial charge in [0.15, 0.2) is 0 Å². The number of ether oxygens (including phenoxy) is 1. The largest absolute Gasteiger partial charge is 0.458 e. The molecule has 0 aliphatic carbocycles. The molecular formula is C15H22N2O3. The molecule has 0 unspecified atom stereocenters. The van der Waals surface area contributed by atoms with E-state index >= 15 is 0 Å². The lowest BCUT2D eigenvalue weighted by Gasteiger charge is -2.26. The van der Waals surface area contributed by atoms with E-state index in [9.17, 15) is 9.59 Å². The molecule has 0 radical (unpaired) electrons. The predicted molar refractivity (Wildman–Crippen MR) is 76.2 cm³/mol. The van der Waals surface area contributed by atoms with E-state index in [1.54, 1.807) is 32.9 Å². The molecule has 0 spiro atoms. The van der Waals surface area contributed by atoms with Crippen LogP contribution in [-0.4, -0.2) is 28.5 Å².